The number of carbonyl (C=O) groups excluding carboxylic acids is 1. The summed E-state index contributed by atoms with van der Waals surface area (Å²) in [6.45, 7) is 9.73. The normalized spacial score (nSPS) is 19.0. The number of aryl methyl sites for hydroxylation is 1. The number of nitrogens with zero attached hydrogens (tertiary/aromatic N) is 2. The lowest BCUT2D eigenvalue weighted by Crippen LogP contribution is -2.43. The Bertz CT molecular complexity index is 1120. The molecular weight excluding hydrogens is 406 g/mol. The van der Waals surface area contributed by atoms with Gasteiger partial charge in [-0.2, -0.15) is 4.31 Å². The van der Waals surface area contributed by atoms with Crippen LogP contribution in [-0.4, -0.2) is 60.0 Å². The van der Waals surface area contributed by atoms with Gasteiger partial charge in [-0.05, 0) is 58.7 Å². The fourth-order valence-electron chi connectivity index (χ4n) is 3.68. The molecule has 0 spiro atoms. The highest BCUT2D eigenvalue weighted by molar-refractivity contribution is 7.89. The van der Waals surface area contributed by atoms with Crippen LogP contribution in [0.4, 0.5) is 4.79 Å². The Labute approximate surface area is 176 Å². The van der Waals surface area contributed by atoms with Crippen molar-refractivity contribution in [3.63, 3.8) is 0 Å². The molecule has 2 aromatic rings. The first-order valence-corrected chi connectivity index (χ1v) is 11.5. The van der Waals surface area contributed by atoms with Crippen LogP contribution in [0.1, 0.15) is 39.7 Å². The molecule has 0 bridgehead atoms. The molecular formula is C21H29N3O5S. The van der Waals surface area contributed by atoms with Crippen LogP contribution in [0.25, 0.3) is 10.8 Å². The molecule has 2 heterocycles. The Hall–Kier alpha value is -2.39. The van der Waals surface area contributed by atoms with Gasteiger partial charge in [0.2, 0.25) is 10.0 Å². The van der Waals surface area contributed by atoms with E-state index in [1.54, 1.807) is 44.7 Å². The van der Waals surface area contributed by atoms with E-state index in [0.29, 0.717) is 22.8 Å². The smallest absolute Gasteiger partial charge is 0.410 e. The van der Waals surface area contributed by atoms with Gasteiger partial charge >= 0.3 is 6.09 Å². The van der Waals surface area contributed by atoms with E-state index in [9.17, 15) is 18.0 Å². The number of hydrogen-bond donors (Lipinski definition) is 1. The van der Waals surface area contributed by atoms with Gasteiger partial charge in [-0.15, -0.1) is 0 Å². The molecule has 0 saturated carbocycles. The quantitative estimate of drug-likeness (QED) is 0.782. The van der Waals surface area contributed by atoms with E-state index in [1.165, 1.54) is 16.6 Å². The fraction of sp³-hybridized carbons (Fsp3) is 0.524. The first-order valence-electron chi connectivity index (χ1n) is 10.0. The zero-order valence-corrected chi connectivity index (χ0v) is 18.9. The second kappa shape index (κ2) is 8.03. The van der Waals surface area contributed by atoms with E-state index in [1.807, 2.05) is 6.92 Å². The zero-order valence-electron chi connectivity index (χ0n) is 18.1. The highest BCUT2D eigenvalue weighted by Crippen LogP contribution is 2.28. The molecule has 1 fully saturated rings. The second-order valence-electron chi connectivity index (χ2n) is 8.70. The molecule has 1 amide bonds. The van der Waals surface area contributed by atoms with Gasteiger partial charge in [0.15, 0.2) is 0 Å². The summed E-state index contributed by atoms with van der Waals surface area (Å²) >= 11 is 0. The van der Waals surface area contributed by atoms with Crippen LogP contribution < -0.4 is 5.56 Å². The molecule has 1 saturated heterocycles. The Morgan fingerprint density at radius 3 is 2.57 bits per heavy atom. The van der Waals surface area contributed by atoms with Gasteiger partial charge in [0.05, 0.1) is 4.90 Å². The van der Waals surface area contributed by atoms with E-state index in [-0.39, 0.29) is 36.1 Å². The van der Waals surface area contributed by atoms with E-state index >= 15 is 0 Å². The molecule has 164 valence electrons. The molecule has 1 aliphatic rings. The summed E-state index contributed by atoms with van der Waals surface area (Å²) in [5.41, 5.74) is -0.266. The lowest BCUT2D eigenvalue weighted by atomic mass is 10.1. The molecule has 1 atom stereocenters. The van der Waals surface area contributed by atoms with E-state index < -0.39 is 21.7 Å². The van der Waals surface area contributed by atoms with Gasteiger partial charge < -0.3 is 14.6 Å². The summed E-state index contributed by atoms with van der Waals surface area (Å²) in [5.74, 6) is 0. The number of ether oxygens (including phenoxy) is 1. The third kappa shape index (κ3) is 4.37. The molecule has 8 nitrogen and oxygen atoms in total. The van der Waals surface area contributed by atoms with Crippen LogP contribution in [-0.2, 0) is 14.8 Å². The minimum Gasteiger partial charge on any atom is -0.444 e. The van der Waals surface area contributed by atoms with E-state index in [0.717, 1.165) is 0 Å². The van der Waals surface area contributed by atoms with Crippen LogP contribution >= 0.6 is 0 Å². The average molecular weight is 436 g/mol. The molecule has 1 N–H and O–H groups in total. The number of benzene rings is 1. The summed E-state index contributed by atoms with van der Waals surface area (Å²) < 4.78 is 33.9. The molecule has 0 aliphatic carbocycles. The predicted octanol–water partition coefficient (Wildman–Crippen LogP) is 2.86. The zero-order chi connectivity index (χ0) is 22.3. The maximum atomic E-state index is 13.5. The van der Waals surface area contributed by atoms with E-state index in [2.05, 4.69) is 4.98 Å². The van der Waals surface area contributed by atoms with Gasteiger partial charge in [0, 0.05) is 42.6 Å². The summed E-state index contributed by atoms with van der Waals surface area (Å²) in [4.78, 5) is 29.1. The van der Waals surface area contributed by atoms with Crippen molar-refractivity contribution in [3.8, 4) is 0 Å². The number of aromatic nitrogens is 1. The van der Waals surface area contributed by atoms with Gasteiger partial charge in [0.25, 0.3) is 5.56 Å². The number of nitrogens with one attached hydrogen (secondary N) is 1. The van der Waals surface area contributed by atoms with Crippen molar-refractivity contribution in [2.75, 3.05) is 19.6 Å². The number of sulfonamides is 1. The number of amides is 1. The minimum atomic E-state index is -3.86. The Morgan fingerprint density at radius 2 is 1.90 bits per heavy atom. The number of hydrogen-bond acceptors (Lipinski definition) is 5. The summed E-state index contributed by atoms with van der Waals surface area (Å²) in [6, 6.07) is 4.58. The predicted molar refractivity (Wildman–Crippen MR) is 115 cm³/mol. The lowest BCUT2D eigenvalue weighted by molar-refractivity contribution is 0.0188. The molecule has 0 radical (unpaired) electrons. The van der Waals surface area contributed by atoms with Crippen LogP contribution in [0.5, 0.6) is 0 Å². The topological polar surface area (TPSA) is 99.8 Å². The largest absolute Gasteiger partial charge is 0.444 e. The third-order valence-corrected chi connectivity index (χ3v) is 7.19. The minimum absolute atomic E-state index is 0.113. The van der Waals surface area contributed by atoms with Crippen molar-refractivity contribution in [2.45, 2.75) is 57.6 Å². The Balaban J connectivity index is 1.94. The van der Waals surface area contributed by atoms with Crippen molar-refractivity contribution in [1.29, 1.82) is 0 Å². The molecule has 1 unspecified atom stereocenters. The van der Waals surface area contributed by atoms with Crippen molar-refractivity contribution in [3.05, 3.63) is 40.3 Å². The number of carbonyl (C=O) groups is 1. The standard InChI is InChI=1S/C21H29N3O5S/c1-14-13-22-19(25)16-7-6-8-17(18(14)16)30(27,28)23-10-9-15(2)24(12-11-23)20(26)29-21(3,4)5/h6-8,13,15H,9-12H2,1-5H3,(H,22,25). The SMILES string of the molecule is Cc1c[nH]c(=O)c2cccc(S(=O)(=O)N3CCC(C)N(C(=O)OC(C)(C)C)CC3)c12. The maximum absolute atomic E-state index is 13.5. The molecule has 1 aliphatic heterocycles. The molecule has 30 heavy (non-hydrogen) atoms. The summed E-state index contributed by atoms with van der Waals surface area (Å²) in [6.07, 6.45) is 1.57. The average Bonchev–Trinajstić information content (AvgIpc) is 2.85. The number of aromatic amines is 1. The van der Waals surface area contributed by atoms with E-state index in [4.69, 9.17) is 4.74 Å². The van der Waals surface area contributed by atoms with Crippen LogP contribution in [0, 0.1) is 6.92 Å². The first kappa shape index (κ1) is 22.3. The fourth-order valence-corrected chi connectivity index (χ4v) is 5.40. The number of H-pyrrole nitrogens is 1. The van der Waals surface area contributed by atoms with Gasteiger partial charge in [0.1, 0.15) is 5.60 Å². The number of fused-ring (bicyclic) bond motifs is 1. The summed E-state index contributed by atoms with van der Waals surface area (Å²) in [7, 11) is -3.86. The van der Waals surface area contributed by atoms with Crippen molar-refractivity contribution >= 4 is 26.9 Å². The van der Waals surface area contributed by atoms with Gasteiger partial charge in [-0.1, -0.05) is 6.07 Å². The van der Waals surface area contributed by atoms with Gasteiger partial charge in [-0.3, -0.25) is 4.79 Å². The third-order valence-electron chi connectivity index (χ3n) is 5.25. The Morgan fingerprint density at radius 1 is 1.20 bits per heavy atom. The number of pyridine rings is 1. The van der Waals surface area contributed by atoms with Crippen molar-refractivity contribution in [1.82, 2.24) is 14.2 Å². The highest BCUT2D eigenvalue weighted by atomic mass is 32.2. The molecule has 1 aromatic heterocycles. The van der Waals surface area contributed by atoms with Crippen LogP contribution in [0.15, 0.2) is 34.1 Å². The van der Waals surface area contributed by atoms with Crippen LogP contribution in [0.3, 0.4) is 0 Å². The second-order valence-corrected chi connectivity index (χ2v) is 10.6. The highest BCUT2D eigenvalue weighted by Gasteiger charge is 2.34. The monoisotopic (exact) mass is 435 g/mol. The molecule has 9 heteroatoms. The maximum Gasteiger partial charge on any atom is 0.410 e. The molecule has 3 rings (SSSR count). The first-order chi connectivity index (χ1) is 13.9. The summed E-state index contributed by atoms with van der Waals surface area (Å²) in [5, 5.41) is 0.775. The number of rotatable bonds is 2. The van der Waals surface area contributed by atoms with Crippen molar-refractivity contribution in [2.24, 2.45) is 0 Å². The Kier molecular flexibility index (Phi) is 5.97. The van der Waals surface area contributed by atoms with Crippen molar-refractivity contribution < 1.29 is 17.9 Å². The lowest BCUT2D eigenvalue weighted by Gasteiger charge is -2.30. The van der Waals surface area contributed by atoms with Gasteiger partial charge in [-0.25, -0.2) is 13.2 Å². The van der Waals surface area contributed by atoms with Crippen LogP contribution in [0.2, 0.25) is 0 Å². The molecule has 1 aromatic carbocycles.